The summed E-state index contributed by atoms with van der Waals surface area (Å²) in [4.78, 5) is 11.8. The molecule has 0 bridgehead atoms. The van der Waals surface area contributed by atoms with Crippen molar-refractivity contribution >= 4 is 5.82 Å². The highest BCUT2D eigenvalue weighted by Gasteiger charge is 2.19. The number of para-hydroxylation sites is 1. The zero-order chi connectivity index (χ0) is 21.5. The molecule has 1 aliphatic rings. The molecule has 4 rings (SSSR count). The minimum Gasteiger partial charge on any atom is -0.496 e. The summed E-state index contributed by atoms with van der Waals surface area (Å²) in [7, 11) is 1.68. The number of anilines is 1. The van der Waals surface area contributed by atoms with E-state index in [1.165, 1.54) is 0 Å². The highest BCUT2D eigenvalue weighted by Crippen LogP contribution is 2.29. The molecule has 0 saturated carbocycles. The Kier molecular flexibility index (Phi) is 7.17. The fourth-order valence-corrected chi connectivity index (χ4v) is 3.96. The molecule has 1 aliphatic heterocycles. The first kappa shape index (κ1) is 21.3. The van der Waals surface area contributed by atoms with Crippen molar-refractivity contribution in [3.05, 3.63) is 60.5 Å². The van der Waals surface area contributed by atoms with E-state index in [0.29, 0.717) is 0 Å². The first-order chi connectivity index (χ1) is 15.3. The van der Waals surface area contributed by atoms with E-state index in [1.54, 1.807) is 7.11 Å². The first-order valence-electron chi connectivity index (χ1n) is 11.0. The quantitative estimate of drug-likeness (QED) is 0.525. The molecule has 0 amide bonds. The number of nitrogens with zero attached hydrogens (tertiary/aromatic N) is 5. The van der Waals surface area contributed by atoms with Crippen molar-refractivity contribution in [1.82, 2.24) is 19.9 Å². The predicted molar refractivity (Wildman–Crippen MR) is 122 cm³/mol. The van der Waals surface area contributed by atoms with Crippen LogP contribution < -0.4 is 9.64 Å². The molecule has 1 saturated heterocycles. The van der Waals surface area contributed by atoms with E-state index in [2.05, 4.69) is 43.9 Å². The number of pyridine rings is 1. The van der Waals surface area contributed by atoms with Crippen molar-refractivity contribution in [2.24, 2.45) is 0 Å². The lowest BCUT2D eigenvalue weighted by molar-refractivity contribution is 0.185. The van der Waals surface area contributed by atoms with Crippen LogP contribution in [0.2, 0.25) is 0 Å². The molecule has 2 aromatic heterocycles. The highest BCUT2D eigenvalue weighted by molar-refractivity contribution is 5.66. The molecule has 0 atom stereocenters. The summed E-state index contributed by atoms with van der Waals surface area (Å²) in [5, 5.41) is 4.27. The van der Waals surface area contributed by atoms with Crippen molar-refractivity contribution in [2.75, 3.05) is 57.8 Å². The monoisotopic (exact) mass is 421 g/mol. The van der Waals surface area contributed by atoms with E-state index in [4.69, 9.17) is 9.26 Å². The van der Waals surface area contributed by atoms with Crippen molar-refractivity contribution in [2.45, 2.75) is 13.5 Å². The second kappa shape index (κ2) is 10.4. The van der Waals surface area contributed by atoms with Crippen LogP contribution in [0.5, 0.6) is 5.75 Å². The highest BCUT2D eigenvalue weighted by atomic mass is 16.5. The van der Waals surface area contributed by atoms with E-state index >= 15 is 0 Å². The van der Waals surface area contributed by atoms with Gasteiger partial charge >= 0.3 is 0 Å². The van der Waals surface area contributed by atoms with Crippen LogP contribution in [0.15, 0.2) is 59.3 Å². The topological polar surface area (TPSA) is 57.9 Å². The van der Waals surface area contributed by atoms with E-state index in [9.17, 15) is 0 Å². The number of aromatic nitrogens is 2. The lowest BCUT2D eigenvalue weighted by Gasteiger charge is -2.36. The molecule has 0 aliphatic carbocycles. The fourth-order valence-electron chi connectivity index (χ4n) is 3.96. The number of ether oxygens (including phenoxy) is 1. The van der Waals surface area contributed by atoms with Gasteiger partial charge < -0.3 is 14.2 Å². The number of hydrogen-bond acceptors (Lipinski definition) is 7. The Hall–Kier alpha value is -2.90. The van der Waals surface area contributed by atoms with Crippen molar-refractivity contribution < 1.29 is 9.26 Å². The number of rotatable bonds is 9. The number of methoxy groups -OCH3 is 1. The zero-order valence-electron chi connectivity index (χ0n) is 18.4. The molecule has 7 nitrogen and oxygen atoms in total. The zero-order valence-corrected chi connectivity index (χ0v) is 18.4. The van der Waals surface area contributed by atoms with Crippen LogP contribution in [-0.4, -0.2) is 72.9 Å². The van der Waals surface area contributed by atoms with Gasteiger partial charge in [-0.3, -0.25) is 9.80 Å². The van der Waals surface area contributed by atoms with Crippen molar-refractivity contribution in [3.8, 4) is 17.0 Å². The average molecular weight is 422 g/mol. The SMILES string of the molecule is CCN(CCN1CCN(c2ccccn2)CC1)Cc1cc(-c2ccccc2OC)no1. The van der Waals surface area contributed by atoms with Crippen molar-refractivity contribution in [3.63, 3.8) is 0 Å². The number of piperazine rings is 1. The fraction of sp³-hybridized carbons (Fsp3) is 0.417. The Balaban J connectivity index is 1.27. The van der Waals surface area contributed by atoms with Crippen LogP contribution in [0.25, 0.3) is 11.3 Å². The maximum absolute atomic E-state index is 5.63. The molecule has 3 aromatic rings. The Labute approximate surface area is 184 Å². The first-order valence-corrected chi connectivity index (χ1v) is 11.0. The molecule has 3 heterocycles. The molecule has 7 heteroatoms. The number of benzene rings is 1. The Bertz CT molecular complexity index is 938. The summed E-state index contributed by atoms with van der Waals surface area (Å²) >= 11 is 0. The van der Waals surface area contributed by atoms with Gasteiger partial charge in [-0.25, -0.2) is 4.98 Å². The average Bonchev–Trinajstić information content (AvgIpc) is 3.31. The van der Waals surface area contributed by atoms with E-state index in [-0.39, 0.29) is 0 Å². The van der Waals surface area contributed by atoms with E-state index < -0.39 is 0 Å². The predicted octanol–water partition coefficient (Wildman–Crippen LogP) is 3.39. The third kappa shape index (κ3) is 5.42. The van der Waals surface area contributed by atoms with Crippen LogP contribution in [-0.2, 0) is 6.54 Å². The van der Waals surface area contributed by atoms with Gasteiger partial charge in [0, 0.05) is 57.1 Å². The van der Waals surface area contributed by atoms with E-state index in [0.717, 1.165) is 80.9 Å². The molecular formula is C24H31N5O2. The van der Waals surface area contributed by atoms with Crippen LogP contribution in [0.4, 0.5) is 5.82 Å². The molecule has 1 aromatic carbocycles. The summed E-state index contributed by atoms with van der Waals surface area (Å²) in [6.45, 7) is 10.1. The van der Waals surface area contributed by atoms with Crippen LogP contribution in [0.1, 0.15) is 12.7 Å². The third-order valence-corrected chi connectivity index (χ3v) is 5.85. The largest absolute Gasteiger partial charge is 0.496 e. The Morgan fingerprint density at radius 1 is 1.06 bits per heavy atom. The molecule has 0 radical (unpaired) electrons. The summed E-state index contributed by atoms with van der Waals surface area (Å²) < 4.78 is 11.1. The minimum absolute atomic E-state index is 0.756. The summed E-state index contributed by atoms with van der Waals surface area (Å²) in [6.07, 6.45) is 1.86. The van der Waals surface area contributed by atoms with Gasteiger partial charge in [-0.05, 0) is 30.8 Å². The van der Waals surface area contributed by atoms with Crippen molar-refractivity contribution in [1.29, 1.82) is 0 Å². The Morgan fingerprint density at radius 3 is 2.61 bits per heavy atom. The lowest BCUT2D eigenvalue weighted by atomic mass is 10.1. The van der Waals surface area contributed by atoms with Gasteiger partial charge in [-0.2, -0.15) is 0 Å². The minimum atomic E-state index is 0.756. The van der Waals surface area contributed by atoms with Gasteiger partial charge in [0.1, 0.15) is 17.3 Å². The molecular weight excluding hydrogens is 390 g/mol. The van der Waals surface area contributed by atoms with Gasteiger partial charge in [0.15, 0.2) is 5.76 Å². The second-order valence-corrected chi connectivity index (χ2v) is 7.76. The number of likely N-dealkylation sites (N-methyl/N-ethyl adjacent to an activating group) is 1. The Morgan fingerprint density at radius 2 is 1.87 bits per heavy atom. The smallest absolute Gasteiger partial charge is 0.151 e. The van der Waals surface area contributed by atoms with Gasteiger partial charge in [0.2, 0.25) is 0 Å². The third-order valence-electron chi connectivity index (χ3n) is 5.85. The molecule has 0 N–H and O–H groups in total. The summed E-state index contributed by atoms with van der Waals surface area (Å²) in [5.74, 6) is 2.76. The summed E-state index contributed by atoms with van der Waals surface area (Å²) in [5.41, 5.74) is 1.77. The lowest BCUT2D eigenvalue weighted by Crippen LogP contribution is -2.48. The second-order valence-electron chi connectivity index (χ2n) is 7.76. The van der Waals surface area contributed by atoms with E-state index in [1.807, 2.05) is 42.6 Å². The standard InChI is InChI=1S/C24H31N5O2/c1-3-27(12-13-28-14-16-29(17-15-28)24-10-6-7-11-25-24)19-20-18-22(26-31-20)21-8-4-5-9-23(21)30-2/h4-11,18H,3,12-17,19H2,1-2H3. The summed E-state index contributed by atoms with van der Waals surface area (Å²) in [6, 6.07) is 16.0. The van der Waals surface area contributed by atoms with Crippen LogP contribution in [0.3, 0.4) is 0 Å². The van der Waals surface area contributed by atoms with Crippen LogP contribution >= 0.6 is 0 Å². The molecule has 0 spiro atoms. The molecule has 1 fully saturated rings. The molecule has 164 valence electrons. The number of hydrogen-bond donors (Lipinski definition) is 0. The van der Waals surface area contributed by atoms with Gasteiger partial charge in [-0.15, -0.1) is 0 Å². The molecule has 0 unspecified atom stereocenters. The van der Waals surface area contributed by atoms with Gasteiger partial charge in [0.25, 0.3) is 0 Å². The maximum Gasteiger partial charge on any atom is 0.151 e. The van der Waals surface area contributed by atoms with Gasteiger partial charge in [0.05, 0.1) is 13.7 Å². The maximum atomic E-state index is 5.63. The van der Waals surface area contributed by atoms with Crippen LogP contribution in [0, 0.1) is 0 Å². The van der Waals surface area contributed by atoms with Gasteiger partial charge in [-0.1, -0.05) is 30.3 Å². The normalized spacial score (nSPS) is 14.9. The molecule has 31 heavy (non-hydrogen) atoms.